The number of hydrogen-bond acceptors (Lipinski definition) is 5. The molecular formula is C25H21F2N3O4. The molecule has 2 atom stereocenters. The number of esters is 1. The van der Waals surface area contributed by atoms with Gasteiger partial charge in [-0.3, -0.25) is 9.59 Å². The van der Waals surface area contributed by atoms with E-state index in [0.717, 1.165) is 16.6 Å². The molecule has 5 rings (SSSR count). The van der Waals surface area contributed by atoms with Crippen molar-refractivity contribution in [1.82, 2.24) is 14.9 Å². The van der Waals surface area contributed by atoms with Gasteiger partial charge in [-0.15, -0.1) is 0 Å². The van der Waals surface area contributed by atoms with Crippen LogP contribution in [-0.2, 0) is 9.53 Å². The third kappa shape index (κ3) is 3.85. The summed E-state index contributed by atoms with van der Waals surface area (Å²) >= 11 is 0. The van der Waals surface area contributed by atoms with E-state index in [9.17, 15) is 18.4 Å². The van der Waals surface area contributed by atoms with Crippen LogP contribution in [0.4, 0.5) is 8.78 Å². The van der Waals surface area contributed by atoms with Gasteiger partial charge in [0.1, 0.15) is 11.6 Å². The first-order valence-corrected chi connectivity index (χ1v) is 10.9. The van der Waals surface area contributed by atoms with Crippen molar-refractivity contribution in [3.63, 3.8) is 0 Å². The van der Waals surface area contributed by atoms with E-state index < -0.39 is 12.7 Å². The van der Waals surface area contributed by atoms with Crippen LogP contribution in [0.25, 0.3) is 11.0 Å². The Balaban J connectivity index is 1.53. The molecular weight excluding hydrogens is 444 g/mol. The quantitative estimate of drug-likeness (QED) is 0.348. The van der Waals surface area contributed by atoms with Gasteiger partial charge < -0.3 is 19.4 Å². The Bertz CT molecular complexity index is 1360. The van der Waals surface area contributed by atoms with Crippen LogP contribution in [0.15, 0.2) is 36.4 Å². The fourth-order valence-corrected chi connectivity index (χ4v) is 4.68. The van der Waals surface area contributed by atoms with Crippen molar-refractivity contribution in [3.8, 4) is 17.6 Å². The van der Waals surface area contributed by atoms with Crippen LogP contribution in [-0.4, -0.2) is 35.1 Å². The van der Waals surface area contributed by atoms with E-state index in [1.165, 1.54) is 19.2 Å². The number of unbranched alkanes of at least 4 members (excludes halogenated alkanes) is 1. The summed E-state index contributed by atoms with van der Waals surface area (Å²) in [6, 6.07) is 9.51. The Kier molecular flexibility index (Phi) is 5.65. The maximum absolute atomic E-state index is 13.1. The Morgan fingerprint density at radius 1 is 1.32 bits per heavy atom. The molecule has 2 aliphatic heterocycles. The fourth-order valence-electron chi connectivity index (χ4n) is 4.68. The first-order valence-electron chi connectivity index (χ1n) is 10.9. The normalized spacial score (nSPS) is 17.9. The molecule has 0 aliphatic carbocycles. The van der Waals surface area contributed by atoms with Crippen LogP contribution in [0.1, 0.15) is 65.1 Å². The second-order valence-electron chi connectivity index (χ2n) is 8.15. The van der Waals surface area contributed by atoms with Gasteiger partial charge in [-0.1, -0.05) is 17.9 Å². The zero-order chi connectivity index (χ0) is 23.8. The Labute approximate surface area is 194 Å². The van der Waals surface area contributed by atoms with Crippen molar-refractivity contribution in [2.45, 2.75) is 44.4 Å². The van der Waals surface area contributed by atoms with Gasteiger partial charge in [0, 0.05) is 29.5 Å². The summed E-state index contributed by atoms with van der Waals surface area (Å²) < 4.78 is 37.7. The summed E-state index contributed by atoms with van der Waals surface area (Å²) in [7, 11) is 1.36. The minimum atomic E-state index is -3.00. The number of alkyl halides is 2. The topological polar surface area (TPSA) is 82.5 Å². The molecule has 1 aromatic heterocycles. The standard InChI is InChI=1S/C25H21F2N3O4/c1-33-21(31)9-4-2-3-6-14-10-11-16-18(12-14)30-19-13-17(23(30)28-16)29-24(32)15-7-5-8-20(22(15)19)34-25(26)27/h5,7-8,10-12,17,19,25H,2,4,9,13H2,1H3,(H,29,32)/t17-,19-/m1/s1. The number of carbonyl (C=O) groups is 2. The van der Waals surface area contributed by atoms with Gasteiger partial charge in [-0.05, 0) is 43.2 Å². The highest BCUT2D eigenvalue weighted by atomic mass is 19.3. The number of aromatic nitrogens is 2. The van der Waals surface area contributed by atoms with Gasteiger partial charge in [-0.25, -0.2) is 4.98 Å². The zero-order valence-corrected chi connectivity index (χ0v) is 18.3. The van der Waals surface area contributed by atoms with Crippen molar-refractivity contribution in [2.75, 3.05) is 7.11 Å². The molecule has 0 unspecified atom stereocenters. The molecule has 174 valence electrons. The molecule has 1 amide bonds. The van der Waals surface area contributed by atoms with Gasteiger partial charge in [0.2, 0.25) is 0 Å². The highest BCUT2D eigenvalue weighted by molar-refractivity contribution is 5.98. The number of imidazole rings is 1. The number of nitrogens with one attached hydrogen (secondary N) is 1. The van der Waals surface area contributed by atoms with E-state index in [-0.39, 0.29) is 23.7 Å². The average Bonchev–Trinajstić information content (AvgIpc) is 3.30. The number of halogens is 2. The number of rotatable bonds is 5. The molecule has 9 heteroatoms. The number of benzene rings is 2. The molecule has 7 nitrogen and oxygen atoms in total. The summed E-state index contributed by atoms with van der Waals surface area (Å²) in [5.74, 6) is 6.24. The molecule has 0 spiro atoms. The molecule has 0 saturated carbocycles. The number of ether oxygens (including phenoxy) is 2. The largest absolute Gasteiger partial charge is 0.469 e. The minimum Gasteiger partial charge on any atom is -0.469 e. The lowest BCUT2D eigenvalue weighted by atomic mass is 9.97. The van der Waals surface area contributed by atoms with E-state index in [0.29, 0.717) is 42.6 Å². The second-order valence-corrected chi connectivity index (χ2v) is 8.15. The summed E-state index contributed by atoms with van der Waals surface area (Å²) in [6.07, 6.45) is 1.97. The minimum absolute atomic E-state index is 0.00967. The van der Waals surface area contributed by atoms with Gasteiger partial charge in [0.25, 0.3) is 5.91 Å². The van der Waals surface area contributed by atoms with Crippen LogP contribution in [0.2, 0.25) is 0 Å². The fraction of sp³-hybridized carbons (Fsp3) is 0.320. The number of methoxy groups -OCH3 is 1. The van der Waals surface area contributed by atoms with Crippen molar-refractivity contribution < 1.29 is 27.8 Å². The van der Waals surface area contributed by atoms with Gasteiger partial charge in [0.05, 0.1) is 30.2 Å². The average molecular weight is 465 g/mol. The third-order valence-corrected chi connectivity index (χ3v) is 6.11. The molecule has 1 N–H and O–H groups in total. The molecule has 3 heterocycles. The van der Waals surface area contributed by atoms with Crippen LogP contribution < -0.4 is 10.1 Å². The predicted molar refractivity (Wildman–Crippen MR) is 119 cm³/mol. The Hall–Kier alpha value is -3.93. The highest BCUT2D eigenvalue weighted by Gasteiger charge is 2.42. The number of nitrogens with zero attached hydrogens (tertiary/aromatic N) is 2. The van der Waals surface area contributed by atoms with E-state index in [4.69, 9.17) is 9.72 Å². The van der Waals surface area contributed by atoms with E-state index in [1.807, 2.05) is 22.8 Å². The summed E-state index contributed by atoms with van der Waals surface area (Å²) in [4.78, 5) is 28.7. The number of amides is 1. The lowest BCUT2D eigenvalue weighted by Crippen LogP contribution is -2.28. The number of carbonyl (C=O) groups excluding carboxylic acids is 2. The van der Waals surface area contributed by atoms with Crippen LogP contribution in [0, 0.1) is 11.8 Å². The van der Waals surface area contributed by atoms with Gasteiger partial charge >= 0.3 is 12.6 Å². The monoisotopic (exact) mass is 465 g/mol. The molecule has 2 aliphatic rings. The lowest BCUT2D eigenvalue weighted by molar-refractivity contribution is -0.140. The molecule has 0 fully saturated rings. The summed E-state index contributed by atoms with van der Waals surface area (Å²) in [5, 5.41) is 2.97. The van der Waals surface area contributed by atoms with E-state index in [1.54, 1.807) is 6.07 Å². The smallest absolute Gasteiger partial charge is 0.387 e. The molecule has 0 saturated heterocycles. The van der Waals surface area contributed by atoms with Crippen LogP contribution >= 0.6 is 0 Å². The maximum Gasteiger partial charge on any atom is 0.387 e. The zero-order valence-electron chi connectivity index (χ0n) is 18.3. The Morgan fingerprint density at radius 3 is 2.97 bits per heavy atom. The molecule has 3 aromatic rings. The molecule has 34 heavy (non-hydrogen) atoms. The predicted octanol–water partition coefficient (Wildman–Crippen LogP) is 4.11. The van der Waals surface area contributed by atoms with Crippen molar-refractivity contribution in [3.05, 3.63) is 58.9 Å². The molecule has 2 aromatic carbocycles. The van der Waals surface area contributed by atoms with Gasteiger partial charge in [-0.2, -0.15) is 8.78 Å². The molecule has 0 radical (unpaired) electrons. The van der Waals surface area contributed by atoms with Crippen LogP contribution in [0.5, 0.6) is 5.75 Å². The third-order valence-electron chi connectivity index (χ3n) is 6.11. The summed E-state index contributed by atoms with van der Waals surface area (Å²) in [6.45, 7) is -3.00. The molecule has 2 bridgehead atoms. The van der Waals surface area contributed by atoms with E-state index >= 15 is 0 Å². The number of hydrogen-bond donors (Lipinski definition) is 1. The van der Waals surface area contributed by atoms with Crippen molar-refractivity contribution >= 4 is 22.9 Å². The Morgan fingerprint density at radius 2 is 2.18 bits per heavy atom. The maximum atomic E-state index is 13.1. The SMILES string of the molecule is COC(=O)CCCC#Cc1ccc2nc3n(c2c1)[C@@H]1C[C@H]3NC(=O)c2cccc(OC(F)F)c21. The number of fused-ring (bicyclic) bond motifs is 9. The van der Waals surface area contributed by atoms with Crippen molar-refractivity contribution in [2.24, 2.45) is 0 Å². The van der Waals surface area contributed by atoms with Gasteiger partial charge in [0.15, 0.2) is 0 Å². The second kappa shape index (κ2) is 8.78. The van der Waals surface area contributed by atoms with Crippen molar-refractivity contribution in [1.29, 1.82) is 0 Å². The first-order chi connectivity index (χ1) is 16.5. The first kappa shape index (κ1) is 21.9. The lowest BCUT2D eigenvalue weighted by Gasteiger charge is -2.21. The highest BCUT2D eigenvalue weighted by Crippen LogP contribution is 2.47. The summed E-state index contributed by atoms with van der Waals surface area (Å²) in [5.41, 5.74) is 3.05. The van der Waals surface area contributed by atoms with E-state index in [2.05, 4.69) is 21.9 Å². The van der Waals surface area contributed by atoms with Crippen LogP contribution in [0.3, 0.4) is 0 Å².